The summed E-state index contributed by atoms with van der Waals surface area (Å²) in [7, 11) is 1.39. The van der Waals surface area contributed by atoms with Crippen LogP contribution in [-0.2, 0) is 28.8 Å². The average molecular weight is 304 g/mol. The Morgan fingerprint density at radius 3 is 2.62 bits per heavy atom. The van der Waals surface area contributed by atoms with Crippen LogP contribution in [0.25, 0.3) is 10.9 Å². The van der Waals surface area contributed by atoms with Gasteiger partial charge in [-0.1, -0.05) is 11.6 Å². The summed E-state index contributed by atoms with van der Waals surface area (Å²) in [6, 6.07) is 4.31. The summed E-state index contributed by atoms with van der Waals surface area (Å²) >= 11 is 6.54. The van der Waals surface area contributed by atoms with Crippen molar-refractivity contribution in [1.29, 1.82) is 0 Å². The van der Waals surface area contributed by atoms with Crippen molar-refractivity contribution in [1.82, 2.24) is 4.98 Å². The van der Waals surface area contributed by atoms with E-state index in [9.17, 15) is 4.79 Å². The van der Waals surface area contributed by atoms with Crippen LogP contribution < -0.4 is 0 Å². The Bertz CT molecular complexity index is 725. The van der Waals surface area contributed by atoms with Crippen molar-refractivity contribution in [2.45, 2.75) is 39.0 Å². The first-order valence-electron chi connectivity index (χ1n) is 7.27. The molecule has 1 aromatic heterocycles. The Labute approximate surface area is 129 Å². The number of benzene rings is 1. The molecule has 4 heteroatoms. The molecule has 0 aliphatic heterocycles. The third-order valence-corrected chi connectivity index (χ3v) is 4.67. The van der Waals surface area contributed by atoms with Gasteiger partial charge in [0.2, 0.25) is 0 Å². The van der Waals surface area contributed by atoms with Gasteiger partial charge in [0.15, 0.2) is 0 Å². The molecule has 1 heterocycles. The number of rotatable bonds is 2. The predicted octanol–water partition coefficient (Wildman–Crippen LogP) is 3.79. The van der Waals surface area contributed by atoms with E-state index in [1.807, 2.05) is 6.92 Å². The number of fused-ring (bicyclic) bond motifs is 2. The van der Waals surface area contributed by atoms with Gasteiger partial charge >= 0.3 is 5.97 Å². The first kappa shape index (κ1) is 14.3. The summed E-state index contributed by atoms with van der Waals surface area (Å²) in [5.41, 5.74) is 5.25. The molecule has 21 heavy (non-hydrogen) atoms. The van der Waals surface area contributed by atoms with Gasteiger partial charge < -0.3 is 4.74 Å². The fourth-order valence-electron chi connectivity index (χ4n) is 3.03. The number of carbonyl (C=O) groups excluding carboxylic acids is 1. The Kier molecular flexibility index (Phi) is 3.85. The minimum atomic E-state index is -0.292. The molecule has 0 spiro atoms. The molecule has 0 unspecified atom stereocenters. The molecule has 0 radical (unpaired) electrons. The van der Waals surface area contributed by atoms with E-state index in [1.54, 1.807) is 0 Å². The standard InChI is InChI=1S/C17H18ClNO2/c1-10-13(9-16(20)21-2)17(18)14-7-11-5-3-4-6-12(11)8-15(14)19-10/h7-8H,3-6,9H2,1-2H3. The molecule has 110 valence electrons. The minimum Gasteiger partial charge on any atom is -0.469 e. The number of esters is 1. The van der Waals surface area contributed by atoms with E-state index < -0.39 is 0 Å². The largest absolute Gasteiger partial charge is 0.469 e. The number of ether oxygens (including phenoxy) is 1. The zero-order valence-corrected chi connectivity index (χ0v) is 13.1. The first-order chi connectivity index (χ1) is 10.1. The molecule has 3 rings (SSSR count). The SMILES string of the molecule is COC(=O)Cc1c(C)nc2cc3c(cc2c1Cl)CCCC3. The van der Waals surface area contributed by atoms with Crippen LogP contribution in [0.3, 0.4) is 0 Å². The lowest BCUT2D eigenvalue weighted by molar-refractivity contribution is -0.139. The smallest absolute Gasteiger partial charge is 0.310 e. The average Bonchev–Trinajstić information content (AvgIpc) is 2.49. The lowest BCUT2D eigenvalue weighted by Crippen LogP contribution is -2.09. The summed E-state index contributed by atoms with van der Waals surface area (Å²) in [5.74, 6) is -0.292. The van der Waals surface area contributed by atoms with Gasteiger partial charge in [-0.15, -0.1) is 0 Å². The maximum Gasteiger partial charge on any atom is 0.310 e. The summed E-state index contributed by atoms with van der Waals surface area (Å²) in [4.78, 5) is 16.2. The van der Waals surface area contributed by atoms with E-state index in [2.05, 4.69) is 17.1 Å². The summed E-state index contributed by atoms with van der Waals surface area (Å²) in [6.07, 6.45) is 4.85. The molecule has 1 aromatic carbocycles. The van der Waals surface area contributed by atoms with E-state index in [1.165, 1.54) is 31.1 Å². The highest BCUT2D eigenvalue weighted by Gasteiger charge is 2.17. The highest BCUT2D eigenvalue weighted by Crippen LogP contribution is 2.33. The summed E-state index contributed by atoms with van der Waals surface area (Å²) < 4.78 is 4.74. The van der Waals surface area contributed by atoms with E-state index in [4.69, 9.17) is 16.3 Å². The number of methoxy groups -OCH3 is 1. The molecule has 0 atom stereocenters. The van der Waals surface area contributed by atoms with Gasteiger partial charge in [-0.05, 0) is 55.9 Å². The van der Waals surface area contributed by atoms with Crippen molar-refractivity contribution in [2.24, 2.45) is 0 Å². The second-order valence-electron chi connectivity index (χ2n) is 5.59. The number of nitrogens with zero attached hydrogens (tertiary/aromatic N) is 1. The second kappa shape index (κ2) is 5.64. The quantitative estimate of drug-likeness (QED) is 0.792. The summed E-state index contributed by atoms with van der Waals surface area (Å²) in [6.45, 7) is 1.89. The molecule has 0 N–H and O–H groups in total. The van der Waals surface area contributed by atoms with Gasteiger partial charge in [0, 0.05) is 16.6 Å². The summed E-state index contributed by atoms with van der Waals surface area (Å²) in [5, 5.41) is 1.58. The Morgan fingerprint density at radius 1 is 1.29 bits per heavy atom. The fourth-order valence-corrected chi connectivity index (χ4v) is 3.39. The van der Waals surface area contributed by atoms with Crippen molar-refractivity contribution < 1.29 is 9.53 Å². The van der Waals surface area contributed by atoms with Crippen LogP contribution >= 0.6 is 11.6 Å². The molecule has 1 aliphatic rings. The van der Waals surface area contributed by atoms with Crippen molar-refractivity contribution >= 4 is 28.5 Å². The van der Waals surface area contributed by atoms with Crippen LogP contribution in [0.15, 0.2) is 12.1 Å². The topological polar surface area (TPSA) is 39.2 Å². The zero-order valence-electron chi connectivity index (χ0n) is 12.3. The fraction of sp³-hybridized carbons (Fsp3) is 0.412. The molecule has 0 amide bonds. The monoisotopic (exact) mass is 303 g/mol. The van der Waals surface area contributed by atoms with Gasteiger partial charge in [0.05, 0.1) is 24.1 Å². The molecule has 1 aliphatic carbocycles. The van der Waals surface area contributed by atoms with E-state index in [0.29, 0.717) is 5.02 Å². The van der Waals surface area contributed by atoms with Crippen molar-refractivity contribution in [3.8, 4) is 0 Å². The molecular formula is C17H18ClNO2. The predicted molar refractivity (Wildman–Crippen MR) is 83.9 cm³/mol. The minimum absolute atomic E-state index is 0.168. The zero-order chi connectivity index (χ0) is 15.0. The Morgan fingerprint density at radius 2 is 1.95 bits per heavy atom. The molecule has 0 fully saturated rings. The van der Waals surface area contributed by atoms with Gasteiger partial charge in [-0.25, -0.2) is 0 Å². The van der Waals surface area contributed by atoms with Gasteiger partial charge in [0.25, 0.3) is 0 Å². The van der Waals surface area contributed by atoms with Crippen LogP contribution in [0.5, 0.6) is 0 Å². The van der Waals surface area contributed by atoms with Crippen LogP contribution in [0.2, 0.25) is 5.02 Å². The van der Waals surface area contributed by atoms with E-state index in [-0.39, 0.29) is 12.4 Å². The molecule has 2 aromatic rings. The van der Waals surface area contributed by atoms with Crippen molar-refractivity contribution in [3.63, 3.8) is 0 Å². The second-order valence-corrected chi connectivity index (χ2v) is 5.97. The van der Waals surface area contributed by atoms with Crippen LogP contribution in [-0.4, -0.2) is 18.1 Å². The molecule has 0 saturated heterocycles. The number of aryl methyl sites for hydroxylation is 3. The normalized spacial score (nSPS) is 14.0. The highest BCUT2D eigenvalue weighted by molar-refractivity contribution is 6.36. The Balaban J connectivity index is 2.16. The molecular weight excluding hydrogens is 286 g/mol. The third kappa shape index (κ3) is 2.62. The third-order valence-electron chi connectivity index (χ3n) is 4.24. The maximum atomic E-state index is 11.5. The lowest BCUT2D eigenvalue weighted by atomic mass is 9.90. The van der Waals surface area contributed by atoms with E-state index in [0.717, 1.165) is 35.0 Å². The van der Waals surface area contributed by atoms with Gasteiger partial charge in [0.1, 0.15) is 0 Å². The number of halogens is 1. The number of pyridine rings is 1. The number of hydrogen-bond donors (Lipinski definition) is 0. The first-order valence-corrected chi connectivity index (χ1v) is 7.65. The van der Waals surface area contributed by atoms with Crippen LogP contribution in [0, 0.1) is 6.92 Å². The molecule has 3 nitrogen and oxygen atoms in total. The maximum absolute atomic E-state index is 11.5. The van der Waals surface area contributed by atoms with Crippen LogP contribution in [0.4, 0.5) is 0 Å². The number of carbonyl (C=O) groups is 1. The van der Waals surface area contributed by atoms with Crippen molar-refractivity contribution in [2.75, 3.05) is 7.11 Å². The molecule has 0 saturated carbocycles. The molecule has 0 bridgehead atoms. The highest BCUT2D eigenvalue weighted by atomic mass is 35.5. The van der Waals surface area contributed by atoms with Crippen molar-refractivity contribution in [3.05, 3.63) is 39.5 Å². The number of aromatic nitrogens is 1. The van der Waals surface area contributed by atoms with Gasteiger partial charge in [-0.2, -0.15) is 0 Å². The number of hydrogen-bond acceptors (Lipinski definition) is 3. The van der Waals surface area contributed by atoms with Crippen LogP contribution in [0.1, 0.15) is 35.2 Å². The Hall–Kier alpha value is -1.61. The van der Waals surface area contributed by atoms with E-state index >= 15 is 0 Å². The van der Waals surface area contributed by atoms with Gasteiger partial charge in [-0.3, -0.25) is 9.78 Å². The lowest BCUT2D eigenvalue weighted by Gasteiger charge is -2.18.